The highest BCUT2D eigenvalue weighted by molar-refractivity contribution is 5.91. The second-order valence-corrected chi connectivity index (χ2v) is 3.59. The Hall–Kier alpha value is -1.73. The molecule has 1 aromatic heterocycles. The molecule has 0 saturated carbocycles. The lowest BCUT2D eigenvalue weighted by molar-refractivity contribution is 0.0494. The number of hydrogen-bond donors (Lipinski definition) is 2. The number of nitrogens with one attached hydrogen (secondary N) is 2. The minimum absolute atomic E-state index is 0.240. The van der Waals surface area contributed by atoms with Gasteiger partial charge in [0.2, 0.25) is 0 Å². The minimum Gasteiger partial charge on any atom is -0.379 e. The summed E-state index contributed by atoms with van der Waals surface area (Å²) >= 11 is 0. The fourth-order valence-electron chi connectivity index (χ4n) is 1.48. The molecule has 1 aliphatic heterocycles. The van der Waals surface area contributed by atoms with Gasteiger partial charge in [-0.05, 0) is 12.1 Å². The molecular weight excluding hydrogens is 222 g/mol. The number of morpholine rings is 1. The van der Waals surface area contributed by atoms with E-state index in [4.69, 9.17) is 4.74 Å². The Bertz CT molecular complexity index is 375. The summed E-state index contributed by atoms with van der Waals surface area (Å²) in [5.74, 6) is 0.384. The molecule has 2 N–H and O–H groups in total. The van der Waals surface area contributed by atoms with E-state index in [0.29, 0.717) is 24.7 Å². The van der Waals surface area contributed by atoms with Crippen molar-refractivity contribution >= 4 is 11.7 Å². The number of aromatic nitrogens is 2. The summed E-state index contributed by atoms with van der Waals surface area (Å²) < 4.78 is 5.23. The van der Waals surface area contributed by atoms with Crippen LogP contribution >= 0.6 is 0 Å². The first-order valence-electron chi connectivity index (χ1n) is 5.45. The van der Waals surface area contributed by atoms with Crippen LogP contribution in [0.5, 0.6) is 0 Å². The van der Waals surface area contributed by atoms with Crippen LogP contribution in [-0.4, -0.2) is 54.5 Å². The molecule has 1 aromatic rings. The second kappa shape index (κ2) is 5.55. The molecular formula is C10H15N5O2. The van der Waals surface area contributed by atoms with Crippen LogP contribution in [0.4, 0.5) is 5.82 Å². The molecule has 7 nitrogen and oxygen atoms in total. The van der Waals surface area contributed by atoms with E-state index in [1.807, 2.05) is 5.01 Å². The van der Waals surface area contributed by atoms with Gasteiger partial charge in [-0.25, -0.2) is 5.01 Å². The molecule has 0 spiro atoms. The molecule has 1 fully saturated rings. The van der Waals surface area contributed by atoms with Crippen LogP contribution in [0, 0.1) is 0 Å². The quantitative estimate of drug-likeness (QED) is 0.737. The predicted molar refractivity (Wildman–Crippen MR) is 61.4 cm³/mol. The van der Waals surface area contributed by atoms with Gasteiger partial charge in [-0.2, -0.15) is 0 Å². The van der Waals surface area contributed by atoms with Crippen LogP contribution in [0.1, 0.15) is 10.5 Å². The van der Waals surface area contributed by atoms with E-state index < -0.39 is 0 Å². The third-order valence-electron chi connectivity index (χ3n) is 2.41. The Morgan fingerprint density at radius 2 is 2.12 bits per heavy atom. The Morgan fingerprint density at radius 1 is 1.35 bits per heavy atom. The zero-order chi connectivity index (χ0) is 12.1. The molecule has 1 saturated heterocycles. The van der Waals surface area contributed by atoms with E-state index in [2.05, 4.69) is 20.9 Å². The van der Waals surface area contributed by atoms with Gasteiger partial charge in [-0.15, -0.1) is 10.2 Å². The van der Waals surface area contributed by atoms with Gasteiger partial charge in [0.15, 0.2) is 11.5 Å². The molecule has 92 valence electrons. The Labute approximate surface area is 99.1 Å². The average molecular weight is 237 g/mol. The van der Waals surface area contributed by atoms with E-state index in [9.17, 15) is 4.79 Å². The highest BCUT2D eigenvalue weighted by Crippen LogP contribution is 2.05. The molecule has 7 heteroatoms. The zero-order valence-corrected chi connectivity index (χ0v) is 9.64. The van der Waals surface area contributed by atoms with Crippen molar-refractivity contribution in [1.82, 2.24) is 20.5 Å². The van der Waals surface area contributed by atoms with Crippen molar-refractivity contribution in [2.24, 2.45) is 0 Å². The van der Waals surface area contributed by atoms with Gasteiger partial charge >= 0.3 is 0 Å². The van der Waals surface area contributed by atoms with E-state index >= 15 is 0 Å². The van der Waals surface area contributed by atoms with Crippen molar-refractivity contribution in [3.8, 4) is 0 Å². The first-order valence-corrected chi connectivity index (χ1v) is 5.45. The number of hydrazine groups is 1. The monoisotopic (exact) mass is 237 g/mol. The largest absolute Gasteiger partial charge is 0.379 e. The van der Waals surface area contributed by atoms with Crippen molar-refractivity contribution in [3.63, 3.8) is 0 Å². The number of ether oxygens (including phenoxy) is 1. The Morgan fingerprint density at radius 3 is 2.71 bits per heavy atom. The molecule has 0 aliphatic carbocycles. The molecule has 0 aromatic carbocycles. The molecule has 0 bridgehead atoms. The van der Waals surface area contributed by atoms with Crippen LogP contribution in [0.15, 0.2) is 12.1 Å². The van der Waals surface area contributed by atoms with Gasteiger partial charge in [0.1, 0.15) is 0 Å². The van der Waals surface area contributed by atoms with Gasteiger partial charge < -0.3 is 15.5 Å². The summed E-state index contributed by atoms with van der Waals surface area (Å²) in [4.78, 5) is 11.3. The highest BCUT2D eigenvalue weighted by atomic mass is 16.5. The normalized spacial score (nSPS) is 16.5. The maximum atomic E-state index is 11.3. The van der Waals surface area contributed by atoms with Crippen molar-refractivity contribution in [3.05, 3.63) is 17.8 Å². The first kappa shape index (κ1) is 11.7. The van der Waals surface area contributed by atoms with Crippen LogP contribution in [-0.2, 0) is 4.74 Å². The summed E-state index contributed by atoms with van der Waals surface area (Å²) in [6.45, 7) is 3.02. The molecule has 0 radical (unpaired) electrons. The van der Waals surface area contributed by atoms with Crippen LogP contribution in [0.3, 0.4) is 0 Å². The zero-order valence-electron chi connectivity index (χ0n) is 9.64. The number of carbonyl (C=O) groups is 1. The van der Waals surface area contributed by atoms with E-state index in [0.717, 1.165) is 13.1 Å². The summed E-state index contributed by atoms with van der Waals surface area (Å²) in [6, 6.07) is 3.36. The third-order valence-corrected chi connectivity index (χ3v) is 2.41. The molecule has 0 atom stereocenters. The van der Waals surface area contributed by atoms with Gasteiger partial charge in [-0.1, -0.05) is 0 Å². The Balaban J connectivity index is 1.95. The van der Waals surface area contributed by atoms with Gasteiger partial charge in [-0.3, -0.25) is 4.79 Å². The number of nitrogens with zero attached hydrogens (tertiary/aromatic N) is 3. The molecule has 1 aliphatic rings. The maximum Gasteiger partial charge on any atom is 0.271 e. The summed E-state index contributed by atoms with van der Waals surface area (Å²) in [7, 11) is 1.56. The molecule has 2 heterocycles. The minimum atomic E-state index is -0.240. The van der Waals surface area contributed by atoms with Crippen LogP contribution < -0.4 is 10.7 Å². The lowest BCUT2D eigenvalue weighted by atomic mass is 10.3. The fraction of sp³-hybridized carbons (Fsp3) is 0.500. The predicted octanol–water partition coefficient (Wildman–Crippen LogP) is -0.505. The summed E-state index contributed by atoms with van der Waals surface area (Å²) in [5, 5.41) is 12.3. The van der Waals surface area contributed by atoms with Gasteiger partial charge in [0.05, 0.1) is 13.2 Å². The first-order chi connectivity index (χ1) is 8.29. The van der Waals surface area contributed by atoms with Crippen molar-refractivity contribution in [2.75, 3.05) is 38.8 Å². The molecule has 0 unspecified atom stereocenters. The van der Waals surface area contributed by atoms with Crippen molar-refractivity contribution in [2.45, 2.75) is 0 Å². The Kier molecular flexibility index (Phi) is 3.84. The lowest BCUT2D eigenvalue weighted by Gasteiger charge is -2.27. The standard InChI is InChI=1S/C10H15N5O2/c1-11-10(16)8-2-3-9(13-12-8)14-15-4-6-17-7-5-15/h2-3H,4-7H2,1H3,(H,11,16)(H,13,14). The van der Waals surface area contributed by atoms with Gasteiger partial charge in [0.25, 0.3) is 5.91 Å². The van der Waals surface area contributed by atoms with Crippen molar-refractivity contribution in [1.29, 1.82) is 0 Å². The molecule has 17 heavy (non-hydrogen) atoms. The van der Waals surface area contributed by atoms with E-state index in [1.165, 1.54) is 0 Å². The van der Waals surface area contributed by atoms with Crippen LogP contribution in [0.25, 0.3) is 0 Å². The maximum absolute atomic E-state index is 11.3. The SMILES string of the molecule is CNC(=O)c1ccc(NN2CCOCC2)nn1. The van der Waals surface area contributed by atoms with Crippen LogP contribution in [0.2, 0.25) is 0 Å². The number of anilines is 1. The van der Waals surface area contributed by atoms with Gasteiger partial charge in [0, 0.05) is 20.1 Å². The number of amides is 1. The van der Waals surface area contributed by atoms with E-state index in [-0.39, 0.29) is 5.91 Å². The second-order valence-electron chi connectivity index (χ2n) is 3.59. The average Bonchev–Trinajstić information content (AvgIpc) is 2.40. The third kappa shape index (κ3) is 3.11. The topological polar surface area (TPSA) is 79.4 Å². The summed E-state index contributed by atoms with van der Waals surface area (Å²) in [5.41, 5.74) is 3.42. The fourth-order valence-corrected chi connectivity index (χ4v) is 1.48. The van der Waals surface area contributed by atoms with E-state index in [1.54, 1.807) is 19.2 Å². The number of rotatable bonds is 3. The summed E-state index contributed by atoms with van der Waals surface area (Å²) in [6.07, 6.45) is 0. The molecule has 1 amide bonds. The lowest BCUT2D eigenvalue weighted by Crippen LogP contribution is -2.40. The smallest absolute Gasteiger partial charge is 0.271 e. The number of hydrogen-bond acceptors (Lipinski definition) is 6. The molecule has 2 rings (SSSR count). The van der Waals surface area contributed by atoms with Crippen molar-refractivity contribution < 1.29 is 9.53 Å². The number of carbonyl (C=O) groups excluding carboxylic acids is 1. The highest BCUT2D eigenvalue weighted by Gasteiger charge is 2.11.